The predicted molar refractivity (Wildman–Crippen MR) is 34.7 cm³/mol. The summed E-state index contributed by atoms with van der Waals surface area (Å²) in [4.78, 5) is 0. The first-order chi connectivity index (χ1) is 7.96. The molecule has 1 heterocycles. The van der Waals surface area contributed by atoms with Crippen LogP contribution in [0.3, 0.4) is 0 Å². The Kier molecular flexibility index (Phi) is 2.95. The molecule has 114 valence electrons. The van der Waals surface area contributed by atoms with Crippen molar-refractivity contribution in [2.75, 3.05) is 0 Å². The topological polar surface area (TPSA) is 43.4 Å². The first kappa shape index (κ1) is 16.3. The van der Waals surface area contributed by atoms with Crippen LogP contribution in [0.2, 0.25) is 0 Å². The minimum Gasteiger partial charge on any atom is -0.211 e. The van der Waals surface area contributed by atoms with Crippen LogP contribution in [0.15, 0.2) is 0 Å². The molecule has 1 rings (SSSR count). The Morgan fingerprint density at radius 3 is 1.42 bits per heavy atom. The highest BCUT2D eigenvalue weighted by molar-refractivity contribution is 7.89. The summed E-state index contributed by atoms with van der Waals surface area (Å²) < 4.78 is 145. The Labute approximate surface area is 96.8 Å². The van der Waals surface area contributed by atoms with Crippen molar-refractivity contribution in [1.82, 2.24) is 0 Å². The maximum atomic E-state index is 12.9. The van der Waals surface area contributed by atoms with Crippen molar-refractivity contribution in [3.8, 4) is 0 Å². The zero-order valence-electron chi connectivity index (χ0n) is 7.91. The normalized spacial score (nSPS) is 30.8. The first-order valence-corrected chi connectivity index (χ1v) is 5.21. The minimum absolute atomic E-state index is 2.30. The molecule has 0 aromatic carbocycles. The van der Waals surface area contributed by atoms with Gasteiger partial charge >= 0.3 is 39.2 Å². The van der Waals surface area contributed by atoms with Gasteiger partial charge in [-0.25, -0.2) is 4.18 Å². The van der Waals surface area contributed by atoms with Crippen LogP contribution < -0.4 is 0 Å². The summed E-state index contributed by atoms with van der Waals surface area (Å²) in [6, 6.07) is 0. The lowest BCUT2D eigenvalue weighted by Crippen LogP contribution is -2.77. The van der Waals surface area contributed by atoms with E-state index in [2.05, 4.69) is 4.18 Å². The van der Waals surface area contributed by atoms with E-state index in [0.717, 1.165) is 0 Å². The van der Waals surface area contributed by atoms with Crippen LogP contribution in [-0.2, 0) is 14.3 Å². The monoisotopic (exact) mass is 330 g/mol. The summed E-state index contributed by atoms with van der Waals surface area (Å²) in [5.74, 6) is -20.8. The molecule has 0 spiro atoms. The van der Waals surface area contributed by atoms with Gasteiger partial charge in [-0.15, -0.1) is 0 Å². The van der Waals surface area contributed by atoms with E-state index in [1.54, 1.807) is 0 Å². The van der Waals surface area contributed by atoms with Crippen LogP contribution >= 0.6 is 0 Å². The molecule has 3 nitrogen and oxygen atoms in total. The van der Waals surface area contributed by atoms with E-state index in [4.69, 9.17) is 0 Å². The molecule has 0 aromatic heterocycles. The van der Waals surface area contributed by atoms with Gasteiger partial charge < -0.3 is 0 Å². The fraction of sp³-hybridized carbons (Fsp3) is 1.00. The third kappa shape index (κ3) is 1.58. The van der Waals surface area contributed by atoms with Gasteiger partial charge in [-0.3, -0.25) is 0 Å². The molecule has 0 N–H and O–H groups in total. The molecule has 0 aliphatic carbocycles. The number of rotatable bonds is 2. The van der Waals surface area contributed by atoms with Gasteiger partial charge in [0.1, 0.15) is 0 Å². The van der Waals surface area contributed by atoms with Crippen molar-refractivity contribution in [1.29, 1.82) is 0 Å². The molecule has 0 saturated carbocycles. The average Bonchev–Trinajstić information content (AvgIpc) is 2.14. The maximum Gasteiger partial charge on any atom is 0.460 e. The number of hydrogen-bond donors (Lipinski definition) is 0. The van der Waals surface area contributed by atoms with E-state index < -0.39 is 39.2 Å². The van der Waals surface area contributed by atoms with Crippen molar-refractivity contribution in [3.63, 3.8) is 0 Å². The Morgan fingerprint density at radius 2 is 1.21 bits per heavy atom. The number of halogens is 10. The van der Waals surface area contributed by atoms with E-state index in [0.29, 0.717) is 0 Å². The van der Waals surface area contributed by atoms with Crippen molar-refractivity contribution in [2.24, 2.45) is 0 Å². The summed E-state index contributed by atoms with van der Waals surface area (Å²) in [7, 11) is -6.35. The van der Waals surface area contributed by atoms with Crippen LogP contribution in [0.1, 0.15) is 0 Å². The molecule has 0 bridgehead atoms. The lowest BCUT2D eigenvalue weighted by molar-refractivity contribution is -0.435. The zero-order valence-corrected chi connectivity index (χ0v) is 8.73. The SMILES string of the molecule is O=S1(=O)OC(F)(C(F)(F)C(F)(F)C(F)(F)F)C1(F)F. The molecule has 14 heteroatoms. The summed E-state index contributed by atoms with van der Waals surface area (Å²) in [5, 5.41) is -6.27. The summed E-state index contributed by atoms with van der Waals surface area (Å²) in [5.41, 5.74) is 0. The second kappa shape index (κ2) is 3.45. The van der Waals surface area contributed by atoms with Crippen LogP contribution in [-0.4, -0.2) is 37.5 Å². The summed E-state index contributed by atoms with van der Waals surface area (Å²) in [6.07, 6.45) is -7.12. The van der Waals surface area contributed by atoms with Crippen LogP contribution in [0, 0.1) is 0 Å². The largest absolute Gasteiger partial charge is 0.460 e. The molecule has 0 aromatic rings. The van der Waals surface area contributed by atoms with Crippen molar-refractivity contribution >= 4 is 10.1 Å². The van der Waals surface area contributed by atoms with Gasteiger partial charge in [-0.2, -0.15) is 52.3 Å². The van der Waals surface area contributed by atoms with Gasteiger partial charge in [0.25, 0.3) is 0 Å². The molecule has 1 fully saturated rings. The zero-order chi connectivity index (χ0) is 15.7. The molecular weight excluding hydrogens is 330 g/mol. The fourth-order valence-corrected chi connectivity index (χ4v) is 1.98. The highest BCUT2D eigenvalue weighted by Gasteiger charge is 2.95. The standard InChI is InChI=1S/C5F10O3S/c6-1(7,2(8,9)4(11,12)13)3(10)5(14,15)19(16,17)18-3. The molecular formula is C5F10O3S. The van der Waals surface area contributed by atoms with Crippen molar-refractivity contribution < 1.29 is 56.5 Å². The molecule has 19 heavy (non-hydrogen) atoms. The van der Waals surface area contributed by atoms with Gasteiger partial charge in [0.15, 0.2) is 0 Å². The molecule has 0 radical (unpaired) electrons. The van der Waals surface area contributed by atoms with Gasteiger partial charge in [0.2, 0.25) is 0 Å². The Morgan fingerprint density at radius 1 is 0.842 bits per heavy atom. The first-order valence-electron chi connectivity index (χ1n) is 3.80. The predicted octanol–water partition coefficient (Wildman–Crippen LogP) is 2.44. The van der Waals surface area contributed by atoms with Gasteiger partial charge in [0.05, 0.1) is 0 Å². The van der Waals surface area contributed by atoms with Gasteiger partial charge in [-0.1, -0.05) is 0 Å². The summed E-state index contributed by atoms with van der Waals surface area (Å²) >= 11 is 0. The second-order valence-corrected chi connectivity index (χ2v) is 4.88. The molecule has 0 amide bonds. The fourth-order valence-electron chi connectivity index (χ4n) is 0.994. The average molecular weight is 330 g/mol. The summed E-state index contributed by atoms with van der Waals surface area (Å²) in [6.45, 7) is 0. The van der Waals surface area contributed by atoms with E-state index in [1.807, 2.05) is 0 Å². The van der Waals surface area contributed by atoms with Crippen molar-refractivity contribution in [3.05, 3.63) is 0 Å². The van der Waals surface area contributed by atoms with E-state index in [9.17, 15) is 52.3 Å². The van der Waals surface area contributed by atoms with Gasteiger partial charge in [0, 0.05) is 0 Å². The highest BCUT2D eigenvalue weighted by atomic mass is 32.2. The van der Waals surface area contributed by atoms with Crippen LogP contribution in [0.4, 0.5) is 43.9 Å². The second-order valence-electron chi connectivity index (χ2n) is 3.30. The molecule has 1 atom stereocenters. The quantitative estimate of drug-likeness (QED) is 0.577. The van der Waals surface area contributed by atoms with E-state index in [-0.39, 0.29) is 0 Å². The smallest absolute Gasteiger partial charge is 0.211 e. The van der Waals surface area contributed by atoms with E-state index >= 15 is 0 Å². The lowest BCUT2D eigenvalue weighted by atomic mass is 10.0. The van der Waals surface area contributed by atoms with Crippen LogP contribution in [0.25, 0.3) is 0 Å². The molecule has 1 saturated heterocycles. The van der Waals surface area contributed by atoms with E-state index in [1.165, 1.54) is 0 Å². The number of alkyl halides is 10. The van der Waals surface area contributed by atoms with Crippen LogP contribution in [0.5, 0.6) is 0 Å². The Bertz CT molecular complexity index is 492. The maximum absolute atomic E-state index is 12.9. The molecule has 1 aliphatic heterocycles. The molecule has 1 aliphatic rings. The lowest BCUT2D eigenvalue weighted by Gasteiger charge is -2.45. The third-order valence-electron chi connectivity index (χ3n) is 2.07. The highest BCUT2D eigenvalue weighted by Crippen LogP contribution is 2.63. The van der Waals surface area contributed by atoms with Crippen molar-refractivity contribution in [2.45, 2.75) is 29.1 Å². The molecule has 1 unspecified atom stereocenters. The minimum atomic E-state index is -7.28. The Hall–Kier alpha value is -0.790. The third-order valence-corrected chi connectivity index (χ3v) is 3.41. The van der Waals surface area contributed by atoms with Gasteiger partial charge in [-0.05, 0) is 0 Å². The number of hydrogen-bond acceptors (Lipinski definition) is 3. The Balaban J connectivity index is 3.39.